The van der Waals surface area contributed by atoms with Gasteiger partial charge in [-0.3, -0.25) is 9.89 Å². The minimum absolute atomic E-state index is 0.675. The van der Waals surface area contributed by atoms with Gasteiger partial charge in [0.2, 0.25) is 0 Å². The van der Waals surface area contributed by atoms with E-state index in [0.717, 1.165) is 63.5 Å². The maximum atomic E-state index is 6.47. The zero-order valence-electron chi connectivity index (χ0n) is 25.6. The zero-order chi connectivity index (χ0) is 28.3. The van der Waals surface area contributed by atoms with Gasteiger partial charge in [0.05, 0.1) is 6.54 Å². The Hall–Kier alpha value is -2.35. The van der Waals surface area contributed by atoms with Gasteiger partial charge in [-0.15, -0.1) is 0 Å². The Labute approximate surface area is 249 Å². The molecule has 0 radical (unpaired) electrons. The Kier molecular flexibility index (Phi) is 11.6. The fraction of sp³-hybridized carbons (Fsp3) is 0.676. The SMILES string of the molecule is C/C1=C(N2CCN(C3CCCC3)CC2)/C=C(/N)NC(=NCc2ccc(CNCCCNC3CCCCC3)cc2)CC1. The fourth-order valence-electron chi connectivity index (χ4n) is 7.06. The summed E-state index contributed by atoms with van der Waals surface area (Å²) >= 11 is 0. The number of nitrogens with two attached hydrogens (primary N) is 1. The summed E-state index contributed by atoms with van der Waals surface area (Å²) in [6, 6.07) is 10.5. The lowest BCUT2D eigenvalue weighted by molar-refractivity contribution is 0.118. The molecule has 4 aliphatic rings. The van der Waals surface area contributed by atoms with Crippen molar-refractivity contribution in [2.24, 2.45) is 10.7 Å². The molecule has 2 aliphatic carbocycles. The van der Waals surface area contributed by atoms with Crippen LogP contribution in [-0.2, 0) is 13.1 Å². The lowest BCUT2D eigenvalue weighted by Crippen LogP contribution is -2.49. The van der Waals surface area contributed by atoms with E-state index < -0.39 is 0 Å². The molecule has 1 aromatic carbocycles. The Morgan fingerprint density at radius 2 is 1.59 bits per heavy atom. The number of piperazine rings is 1. The maximum Gasteiger partial charge on any atom is 0.103 e. The number of hydrogen-bond donors (Lipinski definition) is 4. The Morgan fingerprint density at radius 3 is 2.34 bits per heavy atom. The first-order valence-corrected chi connectivity index (χ1v) is 16.6. The van der Waals surface area contributed by atoms with Crippen LogP contribution in [0.1, 0.15) is 95.1 Å². The van der Waals surface area contributed by atoms with Crippen LogP contribution in [0.25, 0.3) is 0 Å². The van der Waals surface area contributed by atoms with E-state index in [1.165, 1.54) is 99.7 Å². The molecule has 7 nitrogen and oxygen atoms in total. The number of aliphatic imine (C=N–C) groups is 1. The third-order valence-corrected chi connectivity index (χ3v) is 9.62. The highest BCUT2D eigenvalue weighted by molar-refractivity contribution is 5.84. The monoisotopic (exact) mass is 561 g/mol. The van der Waals surface area contributed by atoms with Crippen LogP contribution >= 0.6 is 0 Å². The zero-order valence-corrected chi connectivity index (χ0v) is 25.6. The molecule has 0 aromatic heterocycles. The van der Waals surface area contributed by atoms with Gasteiger partial charge in [0.15, 0.2) is 0 Å². The van der Waals surface area contributed by atoms with Crippen LogP contribution in [-0.4, -0.2) is 67.0 Å². The minimum atomic E-state index is 0.675. The minimum Gasteiger partial charge on any atom is -0.385 e. The number of rotatable bonds is 11. The third-order valence-electron chi connectivity index (χ3n) is 9.62. The molecule has 0 bridgehead atoms. The third kappa shape index (κ3) is 9.32. The summed E-state index contributed by atoms with van der Waals surface area (Å²) in [5.41, 5.74) is 11.8. The first-order valence-electron chi connectivity index (χ1n) is 16.6. The first-order chi connectivity index (χ1) is 20.1. The van der Waals surface area contributed by atoms with Crippen molar-refractivity contribution in [3.8, 4) is 0 Å². The highest BCUT2D eigenvalue weighted by atomic mass is 15.3. The molecule has 2 aliphatic heterocycles. The highest BCUT2D eigenvalue weighted by Gasteiger charge is 2.27. The summed E-state index contributed by atoms with van der Waals surface area (Å²) < 4.78 is 0. The number of allylic oxidation sites excluding steroid dienone is 2. The van der Waals surface area contributed by atoms with Crippen molar-refractivity contribution in [1.82, 2.24) is 25.8 Å². The summed E-state index contributed by atoms with van der Waals surface area (Å²) in [5.74, 6) is 1.68. The second-order valence-corrected chi connectivity index (χ2v) is 12.8. The molecular formula is C34H55N7. The molecule has 0 spiro atoms. The molecule has 2 saturated carbocycles. The van der Waals surface area contributed by atoms with Crippen molar-refractivity contribution in [3.63, 3.8) is 0 Å². The fourth-order valence-corrected chi connectivity index (χ4v) is 7.06. The summed E-state index contributed by atoms with van der Waals surface area (Å²) in [6.07, 6.45) is 17.8. The van der Waals surface area contributed by atoms with E-state index >= 15 is 0 Å². The van der Waals surface area contributed by atoms with Crippen molar-refractivity contribution in [2.75, 3.05) is 39.3 Å². The van der Waals surface area contributed by atoms with E-state index in [1.54, 1.807) is 0 Å². The van der Waals surface area contributed by atoms with Gasteiger partial charge in [-0.05, 0) is 75.2 Å². The highest BCUT2D eigenvalue weighted by Crippen LogP contribution is 2.26. The molecule has 41 heavy (non-hydrogen) atoms. The summed E-state index contributed by atoms with van der Waals surface area (Å²) in [7, 11) is 0. The van der Waals surface area contributed by atoms with Crippen molar-refractivity contribution < 1.29 is 0 Å². The molecule has 0 unspecified atom stereocenters. The van der Waals surface area contributed by atoms with E-state index in [1.807, 2.05) is 0 Å². The van der Waals surface area contributed by atoms with Gasteiger partial charge in [0, 0.05) is 63.0 Å². The van der Waals surface area contributed by atoms with Gasteiger partial charge in [-0.1, -0.05) is 56.4 Å². The van der Waals surface area contributed by atoms with Gasteiger partial charge < -0.3 is 26.6 Å². The van der Waals surface area contributed by atoms with Gasteiger partial charge in [-0.25, -0.2) is 0 Å². The number of nitrogens with zero attached hydrogens (tertiary/aromatic N) is 3. The summed E-state index contributed by atoms with van der Waals surface area (Å²) in [4.78, 5) is 10.2. The Morgan fingerprint density at radius 1 is 0.878 bits per heavy atom. The molecule has 5 rings (SSSR count). The van der Waals surface area contributed by atoms with Crippen molar-refractivity contribution in [2.45, 2.75) is 109 Å². The van der Waals surface area contributed by atoms with Crippen LogP contribution in [0, 0.1) is 0 Å². The quantitative estimate of drug-likeness (QED) is 0.285. The number of amidine groups is 1. The second kappa shape index (κ2) is 15.8. The number of hydrogen-bond acceptors (Lipinski definition) is 6. The van der Waals surface area contributed by atoms with E-state index in [4.69, 9.17) is 10.7 Å². The van der Waals surface area contributed by atoms with Gasteiger partial charge >= 0.3 is 0 Å². The molecular weight excluding hydrogens is 506 g/mol. The smallest absolute Gasteiger partial charge is 0.103 e. The van der Waals surface area contributed by atoms with E-state index in [-0.39, 0.29) is 0 Å². The first kappa shape index (κ1) is 30.1. The normalized spacial score (nSPS) is 26.0. The summed E-state index contributed by atoms with van der Waals surface area (Å²) in [6.45, 7) is 10.6. The van der Waals surface area contributed by atoms with E-state index in [9.17, 15) is 0 Å². The lowest BCUT2D eigenvalue weighted by atomic mass is 9.95. The molecule has 2 heterocycles. The van der Waals surface area contributed by atoms with Gasteiger partial charge in [0.25, 0.3) is 0 Å². The van der Waals surface area contributed by atoms with Gasteiger partial charge in [-0.2, -0.15) is 0 Å². The van der Waals surface area contributed by atoms with Crippen LogP contribution in [0.5, 0.6) is 0 Å². The van der Waals surface area contributed by atoms with Crippen LogP contribution < -0.4 is 21.7 Å². The molecule has 0 atom stereocenters. The molecule has 1 saturated heterocycles. The molecule has 1 aromatic rings. The molecule has 3 fully saturated rings. The summed E-state index contributed by atoms with van der Waals surface area (Å²) in [5, 5.41) is 10.7. The Balaban J connectivity index is 1.03. The second-order valence-electron chi connectivity index (χ2n) is 12.8. The van der Waals surface area contributed by atoms with E-state index in [2.05, 4.69) is 63.0 Å². The molecule has 7 heteroatoms. The van der Waals surface area contributed by atoms with Crippen LogP contribution in [0.4, 0.5) is 0 Å². The van der Waals surface area contributed by atoms with E-state index in [0.29, 0.717) is 12.4 Å². The van der Waals surface area contributed by atoms with Crippen molar-refractivity contribution in [1.29, 1.82) is 0 Å². The molecule has 226 valence electrons. The predicted molar refractivity (Wildman–Crippen MR) is 172 cm³/mol. The van der Waals surface area contributed by atoms with Crippen LogP contribution in [0.3, 0.4) is 0 Å². The van der Waals surface area contributed by atoms with Crippen molar-refractivity contribution >= 4 is 5.84 Å². The number of benzene rings is 1. The average molecular weight is 562 g/mol. The maximum absolute atomic E-state index is 6.47. The molecule has 5 N–H and O–H groups in total. The average Bonchev–Trinajstić information content (AvgIpc) is 3.55. The number of nitrogens with one attached hydrogen (secondary N) is 3. The largest absolute Gasteiger partial charge is 0.385 e. The van der Waals surface area contributed by atoms with Crippen molar-refractivity contribution in [3.05, 3.63) is 58.6 Å². The van der Waals surface area contributed by atoms with Gasteiger partial charge in [0.1, 0.15) is 11.7 Å². The molecule has 0 amide bonds. The van der Waals surface area contributed by atoms with Crippen LogP contribution in [0.15, 0.2) is 52.4 Å². The topological polar surface area (TPSA) is 81.0 Å². The lowest BCUT2D eigenvalue weighted by Gasteiger charge is -2.40. The predicted octanol–water partition coefficient (Wildman–Crippen LogP) is 5.00. The standard InChI is InChI=1S/C34H55N7/c1-27-12-17-34(39-33(35)24-32(27)41-22-20-40(21-23-41)31-10-5-6-11-31)38-26-29-15-13-28(14-16-29)25-36-18-7-19-37-30-8-3-2-4-9-30/h13-16,24,30-31,36-37H,2-12,17-23,25-26,35H2,1H3,(H,38,39)/b32-27+,33-24-. The van der Waals surface area contributed by atoms with Crippen LogP contribution in [0.2, 0.25) is 0 Å². The Bertz CT molecular complexity index is 1020.